The first kappa shape index (κ1) is 32.1. The van der Waals surface area contributed by atoms with Crippen LogP contribution in [-0.4, -0.2) is 65.7 Å². The second-order valence-electron chi connectivity index (χ2n) is 10.4. The molecule has 1 fully saturated rings. The maximum atomic E-state index is 14.1. The van der Waals surface area contributed by atoms with Gasteiger partial charge in [-0.05, 0) is 25.0 Å². The Kier molecular flexibility index (Phi) is 9.91. The van der Waals surface area contributed by atoms with Gasteiger partial charge in [0.2, 0.25) is 18.0 Å². The van der Waals surface area contributed by atoms with Crippen molar-refractivity contribution in [1.82, 2.24) is 14.8 Å². The van der Waals surface area contributed by atoms with Crippen LogP contribution in [0.3, 0.4) is 0 Å². The molecule has 2 aromatic carbocycles. The predicted octanol–water partition coefficient (Wildman–Crippen LogP) is 2.88. The molecule has 2 aliphatic rings. The molecule has 3 aromatic rings. The topological polar surface area (TPSA) is 152 Å². The van der Waals surface area contributed by atoms with Gasteiger partial charge in [0, 0.05) is 30.4 Å². The molecule has 0 saturated carbocycles. The molecule has 0 unspecified atom stereocenters. The molecule has 5 rings (SSSR count). The standard InChI is InChI=1S/C31H29F2N3O10/c1-18-9-10-42-24-14-35-13-22(29(39)34-12-20-7-8-21(32)11-23(20)33)27(38)28(26(35)30(40)36(18)24)45-17-46-31(41)44-16-25(37)43-15-19-5-3-2-4-6-19/h2-8,11,13,18,24H,9-10,12,14-17H2,1H3,(H,34,39)/t18-,24+/m1/s1. The molecule has 3 heterocycles. The molecule has 0 radical (unpaired) electrons. The Labute approximate surface area is 260 Å². The first-order valence-corrected chi connectivity index (χ1v) is 14.2. The van der Waals surface area contributed by atoms with Crippen molar-refractivity contribution in [3.8, 4) is 5.75 Å². The molecule has 15 heteroatoms. The van der Waals surface area contributed by atoms with Crippen molar-refractivity contribution >= 4 is 23.9 Å². The summed E-state index contributed by atoms with van der Waals surface area (Å²) in [6.07, 6.45) is -0.303. The lowest BCUT2D eigenvalue weighted by atomic mass is 10.1. The van der Waals surface area contributed by atoms with E-state index in [1.807, 2.05) is 6.92 Å². The van der Waals surface area contributed by atoms with Crippen LogP contribution in [0.4, 0.5) is 13.6 Å². The van der Waals surface area contributed by atoms with Crippen molar-refractivity contribution in [2.24, 2.45) is 0 Å². The Morgan fingerprint density at radius 1 is 1.04 bits per heavy atom. The second kappa shape index (κ2) is 14.2. The minimum atomic E-state index is -1.33. The molecule has 2 amide bonds. The highest BCUT2D eigenvalue weighted by Crippen LogP contribution is 2.30. The molecule has 0 aliphatic carbocycles. The molecule has 13 nitrogen and oxygen atoms in total. The van der Waals surface area contributed by atoms with Crippen molar-refractivity contribution in [2.45, 2.75) is 45.3 Å². The van der Waals surface area contributed by atoms with E-state index in [1.54, 1.807) is 30.3 Å². The lowest BCUT2D eigenvalue weighted by molar-refractivity contribution is -0.149. The molecule has 1 saturated heterocycles. The summed E-state index contributed by atoms with van der Waals surface area (Å²) in [5, 5.41) is 2.40. The van der Waals surface area contributed by atoms with Crippen LogP contribution in [0.25, 0.3) is 0 Å². The molecular formula is C31H29F2N3O10. The predicted molar refractivity (Wildman–Crippen MR) is 152 cm³/mol. The summed E-state index contributed by atoms with van der Waals surface area (Å²) in [4.78, 5) is 65.7. The van der Waals surface area contributed by atoms with Gasteiger partial charge < -0.3 is 38.5 Å². The molecule has 1 N–H and O–H groups in total. The first-order chi connectivity index (χ1) is 22.1. The number of aromatic nitrogens is 1. The van der Waals surface area contributed by atoms with E-state index in [1.165, 1.54) is 9.47 Å². The fraction of sp³-hybridized carbons (Fsp3) is 0.323. The zero-order valence-electron chi connectivity index (χ0n) is 24.5. The molecule has 2 atom stereocenters. The number of benzene rings is 2. The lowest BCUT2D eigenvalue weighted by Crippen LogP contribution is -2.57. The Balaban J connectivity index is 1.29. The van der Waals surface area contributed by atoms with Crippen LogP contribution in [0.1, 0.15) is 45.3 Å². The van der Waals surface area contributed by atoms with E-state index in [4.69, 9.17) is 23.7 Å². The van der Waals surface area contributed by atoms with Crippen LogP contribution in [-0.2, 0) is 43.4 Å². The maximum Gasteiger partial charge on any atom is 0.511 e. The molecule has 0 spiro atoms. The van der Waals surface area contributed by atoms with Gasteiger partial charge in [0.25, 0.3) is 11.8 Å². The number of nitrogens with one attached hydrogen (secondary N) is 1. The molecule has 1 aromatic heterocycles. The Morgan fingerprint density at radius 3 is 2.59 bits per heavy atom. The number of esters is 1. The fourth-order valence-electron chi connectivity index (χ4n) is 4.95. The van der Waals surface area contributed by atoms with Crippen LogP contribution >= 0.6 is 0 Å². The van der Waals surface area contributed by atoms with Crippen molar-refractivity contribution in [1.29, 1.82) is 0 Å². The van der Waals surface area contributed by atoms with Gasteiger partial charge in [-0.1, -0.05) is 36.4 Å². The third-order valence-electron chi connectivity index (χ3n) is 7.29. The number of rotatable bonds is 10. The number of fused-ring (bicyclic) bond motifs is 2. The lowest BCUT2D eigenvalue weighted by Gasteiger charge is -2.44. The average Bonchev–Trinajstić information content (AvgIpc) is 3.03. The Hall–Kier alpha value is -5.31. The molecular weight excluding hydrogens is 612 g/mol. The number of ether oxygens (including phenoxy) is 5. The van der Waals surface area contributed by atoms with E-state index >= 15 is 0 Å². The van der Waals surface area contributed by atoms with Gasteiger partial charge in [0.05, 0.1) is 13.2 Å². The first-order valence-electron chi connectivity index (χ1n) is 14.2. The maximum absolute atomic E-state index is 14.1. The summed E-state index contributed by atoms with van der Waals surface area (Å²) in [5.41, 5.74) is -0.986. The number of pyridine rings is 1. The second-order valence-corrected chi connectivity index (χ2v) is 10.4. The monoisotopic (exact) mass is 641 g/mol. The zero-order valence-corrected chi connectivity index (χ0v) is 24.5. The van der Waals surface area contributed by atoms with Crippen LogP contribution in [0, 0.1) is 11.6 Å². The van der Waals surface area contributed by atoms with E-state index in [0.29, 0.717) is 19.1 Å². The molecule has 242 valence electrons. The third-order valence-corrected chi connectivity index (χ3v) is 7.29. The van der Waals surface area contributed by atoms with E-state index in [9.17, 15) is 32.8 Å². The van der Waals surface area contributed by atoms with Crippen molar-refractivity contribution in [3.63, 3.8) is 0 Å². The highest BCUT2D eigenvalue weighted by atomic mass is 19.1. The summed E-state index contributed by atoms with van der Waals surface area (Å²) >= 11 is 0. The van der Waals surface area contributed by atoms with Gasteiger partial charge in [-0.15, -0.1) is 0 Å². The largest absolute Gasteiger partial charge is 0.511 e. The van der Waals surface area contributed by atoms with Gasteiger partial charge in [-0.3, -0.25) is 14.4 Å². The highest BCUT2D eigenvalue weighted by Gasteiger charge is 2.41. The highest BCUT2D eigenvalue weighted by molar-refractivity contribution is 5.99. The average molecular weight is 642 g/mol. The number of carbonyl (C=O) groups excluding carboxylic acids is 4. The van der Waals surface area contributed by atoms with Gasteiger partial charge in [-0.25, -0.2) is 18.4 Å². The SMILES string of the molecule is C[C@@H]1CCO[C@H]2Cn3cc(C(=O)NCc4ccc(F)cc4F)c(=O)c(OCOC(=O)OCC(=O)OCc4ccccc4)c3C(=O)N12. The fourth-order valence-corrected chi connectivity index (χ4v) is 4.95. The van der Waals surface area contributed by atoms with Crippen molar-refractivity contribution in [2.75, 3.05) is 20.0 Å². The number of hydrogen-bond donors (Lipinski definition) is 1. The number of hydrogen-bond acceptors (Lipinski definition) is 10. The molecule has 0 bridgehead atoms. The van der Waals surface area contributed by atoms with E-state index in [0.717, 1.165) is 23.9 Å². The minimum Gasteiger partial charge on any atom is -0.458 e. The quantitative estimate of drug-likeness (QED) is 0.259. The summed E-state index contributed by atoms with van der Waals surface area (Å²) in [6, 6.07) is 11.4. The van der Waals surface area contributed by atoms with E-state index in [-0.39, 0.29) is 37.0 Å². The number of halogens is 2. The zero-order chi connectivity index (χ0) is 32.8. The Morgan fingerprint density at radius 2 is 1.83 bits per heavy atom. The number of carbonyl (C=O) groups is 4. The van der Waals surface area contributed by atoms with Crippen LogP contribution in [0.2, 0.25) is 0 Å². The van der Waals surface area contributed by atoms with Gasteiger partial charge in [-0.2, -0.15) is 0 Å². The number of nitrogens with zero attached hydrogens (tertiary/aromatic N) is 2. The van der Waals surface area contributed by atoms with Crippen molar-refractivity contribution in [3.05, 3.63) is 99.0 Å². The normalized spacial score (nSPS) is 16.9. The minimum absolute atomic E-state index is 0.0319. The number of amides is 2. The molecule has 2 aliphatic heterocycles. The van der Waals surface area contributed by atoms with Crippen LogP contribution < -0.4 is 15.5 Å². The van der Waals surface area contributed by atoms with Crippen LogP contribution in [0.15, 0.2) is 59.5 Å². The summed E-state index contributed by atoms with van der Waals surface area (Å²) in [7, 11) is 0. The van der Waals surface area contributed by atoms with Gasteiger partial charge in [0.15, 0.2) is 18.5 Å². The summed E-state index contributed by atoms with van der Waals surface area (Å²) in [5.74, 6) is -4.66. The smallest absolute Gasteiger partial charge is 0.458 e. The van der Waals surface area contributed by atoms with Crippen LogP contribution in [0.5, 0.6) is 5.75 Å². The van der Waals surface area contributed by atoms with Crippen molar-refractivity contribution < 1.29 is 51.6 Å². The summed E-state index contributed by atoms with van der Waals surface area (Å²) in [6.45, 7) is 0.164. The summed E-state index contributed by atoms with van der Waals surface area (Å²) < 4.78 is 54.5. The Bertz CT molecular complexity index is 1700. The third kappa shape index (κ3) is 7.31. The van der Waals surface area contributed by atoms with E-state index in [2.05, 4.69) is 5.32 Å². The molecule has 46 heavy (non-hydrogen) atoms. The van der Waals surface area contributed by atoms with Gasteiger partial charge in [0.1, 0.15) is 23.8 Å². The van der Waals surface area contributed by atoms with Gasteiger partial charge >= 0.3 is 12.1 Å². The van der Waals surface area contributed by atoms with E-state index < -0.39 is 71.9 Å².